The van der Waals surface area contributed by atoms with Crippen molar-refractivity contribution in [1.29, 1.82) is 0 Å². The van der Waals surface area contributed by atoms with E-state index in [0.717, 1.165) is 12.8 Å². The van der Waals surface area contributed by atoms with Crippen LogP contribution in [0.25, 0.3) is 0 Å². The molecule has 2 nitrogen and oxygen atoms in total. The molecule has 0 radical (unpaired) electrons. The number of rotatable bonds is 1. The molecule has 0 spiro atoms. The average molecular weight is 230 g/mol. The maximum atomic E-state index is 13.1. The zero-order chi connectivity index (χ0) is 10.9. The van der Waals surface area contributed by atoms with Gasteiger partial charge in [-0.15, -0.1) is 0 Å². The fourth-order valence-electron chi connectivity index (χ4n) is 1.91. The van der Waals surface area contributed by atoms with Crippen molar-refractivity contribution in [2.45, 2.75) is 18.4 Å². The first kappa shape index (κ1) is 10.9. The predicted molar refractivity (Wildman–Crippen MR) is 57.3 cm³/mol. The molecule has 15 heavy (non-hydrogen) atoms. The molecule has 0 aromatic heterocycles. The third-order valence-corrected chi connectivity index (χ3v) is 3.07. The minimum absolute atomic E-state index is 0.315. The second-order valence-electron chi connectivity index (χ2n) is 3.94. The van der Waals surface area contributed by atoms with Gasteiger partial charge in [0.05, 0.1) is 12.1 Å². The maximum Gasteiger partial charge on any atom is 0.123 e. The van der Waals surface area contributed by atoms with E-state index in [1.165, 1.54) is 18.2 Å². The van der Waals surface area contributed by atoms with Gasteiger partial charge in [-0.1, -0.05) is 11.6 Å². The Morgan fingerprint density at radius 3 is 2.93 bits per heavy atom. The molecule has 2 rings (SSSR count). The molecule has 82 valence electrons. The van der Waals surface area contributed by atoms with Gasteiger partial charge < -0.3 is 10.5 Å². The fourth-order valence-corrected chi connectivity index (χ4v) is 2.21. The van der Waals surface area contributed by atoms with Crippen molar-refractivity contribution >= 4 is 11.6 Å². The molecule has 1 aromatic rings. The van der Waals surface area contributed by atoms with Gasteiger partial charge in [0.2, 0.25) is 0 Å². The van der Waals surface area contributed by atoms with E-state index >= 15 is 0 Å². The summed E-state index contributed by atoms with van der Waals surface area (Å²) >= 11 is 6.02. The van der Waals surface area contributed by atoms with Gasteiger partial charge in [0.1, 0.15) is 5.82 Å². The van der Waals surface area contributed by atoms with E-state index in [0.29, 0.717) is 23.8 Å². The minimum Gasteiger partial charge on any atom is -0.379 e. The lowest BCUT2D eigenvalue weighted by atomic mass is 9.86. The SMILES string of the molecule is NC1(c2cc(F)ccc2Cl)CCCOC1. The summed E-state index contributed by atoms with van der Waals surface area (Å²) in [6.07, 6.45) is 1.65. The maximum absolute atomic E-state index is 13.1. The van der Waals surface area contributed by atoms with Crippen molar-refractivity contribution in [2.75, 3.05) is 13.2 Å². The Morgan fingerprint density at radius 1 is 1.47 bits per heavy atom. The fraction of sp³-hybridized carbons (Fsp3) is 0.455. The molecule has 1 saturated heterocycles. The summed E-state index contributed by atoms with van der Waals surface area (Å²) in [7, 11) is 0. The van der Waals surface area contributed by atoms with Crippen LogP contribution in [0, 0.1) is 5.82 Å². The second kappa shape index (κ2) is 4.08. The highest BCUT2D eigenvalue weighted by atomic mass is 35.5. The van der Waals surface area contributed by atoms with Gasteiger partial charge >= 0.3 is 0 Å². The Bertz CT molecular complexity index is 364. The van der Waals surface area contributed by atoms with Crippen molar-refractivity contribution < 1.29 is 9.13 Å². The lowest BCUT2D eigenvalue weighted by Crippen LogP contribution is -2.44. The zero-order valence-electron chi connectivity index (χ0n) is 8.30. The molecule has 1 aromatic carbocycles. The number of hydrogen-bond donors (Lipinski definition) is 1. The van der Waals surface area contributed by atoms with E-state index in [-0.39, 0.29) is 5.82 Å². The van der Waals surface area contributed by atoms with Crippen molar-refractivity contribution in [3.63, 3.8) is 0 Å². The summed E-state index contributed by atoms with van der Waals surface area (Å²) in [5.41, 5.74) is 6.18. The number of benzene rings is 1. The Morgan fingerprint density at radius 2 is 2.27 bits per heavy atom. The van der Waals surface area contributed by atoms with Crippen molar-refractivity contribution in [1.82, 2.24) is 0 Å². The molecule has 1 heterocycles. The minimum atomic E-state index is -0.641. The Labute approximate surface area is 93.2 Å². The highest BCUT2D eigenvalue weighted by molar-refractivity contribution is 6.31. The molecule has 4 heteroatoms. The van der Waals surface area contributed by atoms with E-state index in [1.54, 1.807) is 0 Å². The first-order valence-electron chi connectivity index (χ1n) is 4.94. The van der Waals surface area contributed by atoms with Crippen molar-refractivity contribution in [3.05, 3.63) is 34.6 Å². The monoisotopic (exact) mass is 229 g/mol. The number of nitrogens with two attached hydrogens (primary N) is 1. The smallest absolute Gasteiger partial charge is 0.123 e. The summed E-state index contributed by atoms with van der Waals surface area (Å²) in [5, 5.41) is 0.504. The lowest BCUT2D eigenvalue weighted by Gasteiger charge is -2.34. The Hall–Kier alpha value is -0.640. The lowest BCUT2D eigenvalue weighted by molar-refractivity contribution is 0.0366. The van der Waals surface area contributed by atoms with Crippen LogP contribution in [0.15, 0.2) is 18.2 Å². The molecule has 1 fully saturated rings. The molecular formula is C11H13ClFNO. The highest BCUT2D eigenvalue weighted by Crippen LogP contribution is 2.33. The highest BCUT2D eigenvalue weighted by Gasteiger charge is 2.32. The van der Waals surface area contributed by atoms with Crippen LogP contribution in [0.1, 0.15) is 18.4 Å². The third kappa shape index (κ3) is 2.14. The summed E-state index contributed by atoms with van der Waals surface area (Å²) in [6, 6.07) is 4.27. The Balaban J connectivity index is 2.38. The molecule has 1 aliphatic heterocycles. The van der Waals surface area contributed by atoms with Crippen LogP contribution in [0.3, 0.4) is 0 Å². The van der Waals surface area contributed by atoms with Crippen LogP contribution < -0.4 is 5.73 Å². The normalized spacial score (nSPS) is 26.6. The molecular weight excluding hydrogens is 217 g/mol. The van der Waals surface area contributed by atoms with Crippen molar-refractivity contribution in [2.24, 2.45) is 5.73 Å². The van der Waals surface area contributed by atoms with E-state index in [1.807, 2.05) is 0 Å². The molecule has 1 atom stereocenters. The van der Waals surface area contributed by atoms with Gasteiger partial charge in [0.25, 0.3) is 0 Å². The van der Waals surface area contributed by atoms with Crippen LogP contribution in [0.5, 0.6) is 0 Å². The molecule has 0 aliphatic carbocycles. The second-order valence-corrected chi connectivity index (χ2v) is 4.34. The van der Waals surface area contributed by atoms with E-state index < -0.39 is 5.54 Å². The third-order valence-electron chi connectivity index (χ3n) is 2.74. The average Bonchev–Trinajstić information content (AvgIpc) is 2.23. The topological polar surface area (TPSA) is 35.2 Å². The molecule has 1 aliphatic rings. The molecule has 0 bridgehead atoms. The first-order chi connectivity index (χ1) is 7.12. The van der Waals surface area contributed by atoms with Crippen LogP contribution in [0.4, 0.5) is 4.39 Å². The van der Waals surface area contributed by atoms with Gasteiger partial charge in [-0.2, -0.15) is 0 Å². The molecule has 2 N–H and O–H groups in total. The van der Waals surface area contributed by atoms with Crippen LogP contribution in [-0.4, -0.2) is 13.2 Å². The van der Waals surface area contributed by atoms with E-state index in [4.69, 9.17) is 22.1 Å². The van der Waals surface area contributed by atoms with Crippen molar-refractivity contribution in [3.8, 4) is 0 Å². The Kier molecular flexibility index (Phi) is 2.96. The standard InChI is InChI=1S/C11H13ClFNO/c12-10-3-2-8(13)6-9(10)11(14)4-1-5-15-7-11/h2-3,6H,1,4-5,7,14H2. The van der Waals surface area contributed by atoms with E-state index in [2.05, 4.69) is 0 Å². The van der Waals surface area contributed by atoms with Gasteiger partial charge in [0.15, 0.2) is 0 Å². The molecule has 0 amide bonds. The summed E-state index contributed by atoms with van der Waals surface area (Å²) < 4.78 is 18.4. The summed E-state index contributed by atoms with van der Waals surface area (Å²) in [5.74, 6) is -0.315. The first-order valence-corrected chi connectivity index (χ1v) is 5.32. The zero-order valence-corrected chi connectivity index (χ0v) is 9.06. The summed E-state index contributed by atoms with van der Waals surface area (Å²) in [6.45, 7) is 1.11. The van der Waals surface area contributed by atoms with E-state index in [9.17, 15) is 4.39 Å². The van der Waals surface area contributed by atoms with Gasteiger partial charge in [0, 0.05) is 11.6 Å². The number of hydrogen-bond acceptors (Lipinski definition) is 2. The quantitative estimate of drug-likeness (QED) is 0.803. The van der Waals surface area contributed by atoms with Gasteiger partial charge in [-0.3, -0.25) is 0 Å². The van der Waals surface area contributed by atoms with Crippen LogP contribution >= 0.6 is 11.6 Å². The molecule has 1 unspecified atom stereocenters. The van der Waals surface area contributed by atoms with Gasteiger partial charge in [-0.25, -0.2) is 4.39 Å². The van der Waals surface area contributed by atoms with Crippen LogP contribution in [0.2, 0.25) is 5.02 Å². The largest absolute Gasteiger partial charge is 0.379 e. The number of ether oxygens (including phenoxy) is 1. The van der Waals surface area contributed by atoms with Gasteiger partial charge in [-0.05, 0) is 36.6 Å². The predicted octanol–water partition coefficient (Wildman–Crippen LogP) is 2.44. The number of halogens is 2. The van der Waals surface area contributed by atoms with Crippen LogP contribution in [-0.2, 0) is 10.3 Å². The summed E-state index contributed by atoms with van der Waals surface area (Å²) in [4.78, 5) is 0. The molecule has 0 saturated carbocycles.